The highest BCUT2D eigenvalue weighted by Gasteiger charge is 2.09. The molecule has 0 saturated heterocycles. The molecule has 0 amide bonds. The summed E-state index contributed by atoms with van der Waals surface area (Å²) in [6.45, 7) is 7.42. The number of aromatic nitrogens is 1. The molecule has 0 aliphatic heterocycles. The van der Waals surface area contributed by atoms with Crippen molar-refractivity contribution in [2.75, 3.05) is 7.05 Å². The number of rotatable bonds is 2. The van der Waals surface area contributed by atoms with E-state index in [9.17, 15) is 0 Å². The van der Waals surface area contributed by atoms with Gasteiger partial charge in [-0.25, -0.2) is 0 Å². The predicted octanol–water partition coefficient (Wildman–Crippen LogP) is 2.81. The number of aromatic amines is 1. The topological polar surface area (TPSA) is 27.8 Å². The Morgan fingerprint density at radius 2 is 1.87 bits per heavy atom. The molecule has 1 aromatic carbocycles. The van der Waals surface area contributed by atoms with Gasteiger partial charge in [0, 0.05) is 23.1 Å². The van der Waals surface area contributed by atoms with Gasteiger partial charge in [-0.2, -0.15) is 0 Å². The van der Waals surface area contributed by atoms with E-state index in [0.717, 1.165) is 6.54 Å². The summed E-state index contributed by atoms with van der Waals surface area (Å²) in [6, 6.07) is 4.41. The molecule has 2 rings (SSSR count). The van der Waals surface area contributed by atoms with Gasteiger partial charge in [0.15, 0.2) is 0 Å². The maximum Gasteiger partial charge on any atom is 0.0491 e. The van der Waals surface area contributed by atoms with Crippen LogP contribution in [0, 0.1) is 20.8 Å². The van der Waals surface area contributed by atoms with Gasteiger partial charge in [0.2, 0.25) is 0 Å². The summed E-state index contributed by atoms with van der Waals surface area (Å²) in [4.78, 5) is 3.51. The molecule has 1 aromatic heterocycles. The van der Waals surface area contributed by atoms with Gasteiger partial charge >= 0.3 is 0 Å². The molecule has 80 valence electrons. The molecule has 2 nitrogen and oxygen atoms in total. The van der Waals surface area contributed by atoms with Gasteiger partial charge in [0.05, 0.1) is 0 Å². The second-order valence-corrected chi connectivity index (χ2v) is 4.19. The summed E-state index contributed by atoms with van der Waals surface area (Å²) in [5.41, 5.74) is 6.65. The molecule has 0 unspecified atom stereocenters. The van der Waals surface area contributed by atoms with E-state index in [1.807, 2.05) is 7.05 Å². The van der Waals surface area contributed by atoms with E-state index >= 15 is 0 Å². The molecule has 0 atom stereocenters. The van der Waals surface area contributed by atoms with E-state index in [1.54, 1.807) is 0 Å². The molecule has 0 saturated carbocycles. The summed E-state index contributed by atoms with van der Waals surface area (Å²) in [5, 5.41) is 4.54. The van der Waals surface area contributed by atoms with Crippen molar-refractivity contribution in [3.63, 3.8) is 0 Å². The second-order valence-electron chi connectivity index (χ2n) is 4.19. The van der Waals surface area contributed by atoms with Crippen molar-refractivity contribution in [1.82, 2.24) is 10.3 Å². The molecule has 1 heterocycles. The van der Waals surface area contributed by atoms with Crippen LogP contribution in [0.5, 0.6) is 0 Å². The summed E-state index contributed by atoms with van der Waals surface area (Å²) in [5.74, 6) is 0. The minimum atomic E-state index is 0.902. The maximum absolute atomic E-state index is 3.51. The number of benzene rings is 1. The monoisotopic (exact) mass is 202 g/mol. The smallest absolute Gasteiger partial charge is 0.0491 e. The molecule has 0 radical (unpaired) electrons. The highest BCUT2D eigenvalue weighted by molar-refractivity contribution is 5.87. The number of H-pyrrole nitrogens is 1. The number of hydrogen-bond donors (Lipinski definition) is 2. The number of hydrogen-bond acceptors (Lipinski definition) is 1. The Kier molecular flexibility index (Phi) is 2.53. The fourth-order valence-corrected chi connectivity index (χ4v) is 2.05. The largest absolute Gasteiger partial charge is 0.357 e. The Bertz CT molecular complexity index is 495. The Hall–Kier alpha value is -1.28. The average Bonchev–Trinajstić information content (AvgIpc) is 2.52. The molecular weight excluding hydrogens is 184 g/mol. The predicted molar refractivity (Wildman–Crippen MR) is 65.3 cm³/mol. The lowest BCUT2D eigenvalue weighted by atomic mass is 10.0. The number of fused-ring (bicyclic) bond motifs is 1. The van der Waals surface area contributed by atoms with Gasteiger partial charge in [0.1, 0.15) is 0 Å². The summed E-state index contributed by atoms with van der Waals surface area (Å²) >= 11 is 0. The van der Waals surface area contributed by atoms with E-state index in [1.165, 1.54) is 33.3 Å². The molecule has 0 aliphatic carbocycles. The van der Waals surface area contributed by atoms with Crippen LogP contribution in [-0.2, 0) is 6.54 Å². The lowest BCUT2D eigenvalue weighted by Gasteiger charge is -2.00. The molecule has 2 aromatic rings. The van der Waals surface area contributed by atoms with Crippen molar-refractivity contribution in [1.29, 1.82) is 0 Å². The quantitative estimate of drug-likeness (QED) is 0.770. The zero-order chi connectivity index (χ0) is 11.0. The molecule has 15 heavy (non-hydrogen) atoms. The SMILES string of the molecule is CNCc1[nH]c2c(C)c(C)ccc2c1C. The number of nitrogens with one attached hydrogen (secondary N) is 2. The van der Waals surface area contributed by atoms with Crippen molar-refractivity contribution in [2.45, 2.75) is 27.3 Å². The zero-order valence-corrected chi connectivity index (χ0v) is 9.86. The van der Waals surface area contributed by atoms with Crippen LogP contribution in [-0.4, -0.2) is 12.0 Å². The molecule has 0 bridgehead atoms. The van der Waals surface area contributed by atoms with Crippen LogP contribution >= 0.6 is 0 Å². The van der Waals surface area contributed by atoms with Crippen LogP contribution in [0.3, 0.4) is 0 Å². The van der Waals surface area contributed by atoms with Crippen molar-refractivity contribution in [3.05, 3.63) is 34.5 Å². The summed E-state index contributed by atoms with van der Waals surface area (Å²) in [7, 11) is 1.98. The minimum absolute atomic E-state index is 0.902. The van der Waals surface area contributed by atoms with E-state index < -0.39 is 0 Å². The average molecular weight is 202 g/mol. The van der Waals surface area contributed by atoms with E-state index in [2.05, 4.69) is 43.2 Å². The molecule has 2 N–H and O–H groups in total. The standard InChI is InChI=1S/C13H18N2/c1-8-5-6-11-10(3)12(7-14-4)15-13(11)9(8)2/h5-6,14-15H,7H2,1-4H3. The van der Waals surface area contributed by atoms with Crippen LogP contribution < -0.4 is 5.32 Å². The highest BCUT2D eigenvalue weighted by atomic mass is 14.9. The lowest BCUT2D eigenvalue weighted by molar-refractivity contribution is 0.794. The van der Waals surface area contributed by atoms with Crippen molar-refractivity contribution in [2.24, 2.45) is 0 Å². The van der Waals surface area contributed by atoms with Gasteiger partial charge in [-0.15, -0.1) is 0 Å². The molecule has 0 fully saturated rings. The van der Waals surface area contributed by atoms with Crippen LogP contribution in [0.2, 0.25) is 0 Å². The molecular formula is C13H18N2. The van der Waals surface area contributed by atoms with Gasteiger partial charge in [0.25, 0.3) is 0 Å². The lowest BCUT2D eigenvalue weighted by Crippen LogP contribution is -2.06. The van der Waals surface area contributed by atoms with Gasteiger partial charge in [-0.1, -0.05) is 12.1 Å². The Labute approximate surface area is 90.7 Å². The van der Waals surface area contributed by atoms with Gasteiger partial charge in [-0.05, 0) is 44.5 Å². The third-order valence-corrected chi connectivity index (χ3v) is 3.22. The fraction of sp³-hybridized carbons (Fsp3) is 0.385. The first-order chi connectivity index (χ1) is 7.15. The maximum atomic E-state index is 3.51. The van der Waals surface area contributed by atoms with Crippen LogP contribution in [0.4, 0.5) is 0 Å². The number of aryl methyl sites for hydroxylation is 3. The first kappa shape index (κ1) is 10.2. The summed E-state index contributed by atoms with van der Waals surface area (Å²) < 4.78 is 0. The second kappa shape index (κ2) is 3.70. The summed E-state index contributed by atoms with van der Waals surface area (Å²) in [6.07, 6.45) is 0. The first-order valence-corrected chi connectivity index (χ1v) is 5.37. The van der Waals surface area contributed by atoms with Gasteiger partial charge in [-0.3, -0.25) is 0 Å². The van der Waals surface area contributed by atoms with Crippen LogP contribution in [0.25, 0.3) is 10.9 Å². The highest BCUT2D eigenvalue weighted by Crippen LogP contribution is 2.26. The molecule has 0 spiro atoms. The van der Waals surface area contributed by atoms with E-state index in [-0.39, 0.29) is 0 Å². The van der Waals surface area contributed by atoms with Crippen molar-refractivity contribution in [3.8, 4) is 0 Å². The van der Waals surface area contributed by atoms with Gasteiger partial charge < -0.3 is 10.3 Å². The fourth-order valence-electron chi connectivity index (χ4n) is 2.05. The first-order valence-electron chi connectivity index (χ1n) is 5.37. The third-order valence-electron chi connectivity index (χ3n) is 3.22. The van der Waals surface area contributed by atoms with Crippen LogP contribution in [0.1, 0.15) is 22.4 Å². The van der Waals surface area contributed by atoms with Crippen LogP contribution in [0.15, 0.2) is 12.1 Å². The normalized spacial score (nSPS) is 11.2. The van der Waals surface area contributed by atoms with E-state index in [0.29, 0.717) is 0 Å². The van der Waals surface area contributed by atoms with E-state index in [4.69, 9.17) is 0 Å². The van der Waals surface area contributed by atoms with Crippen molar-refractivity contribution < 1.29 is 0 Å². The minimum Gasteiger partial charge on any atom is -0.357 e. The van der Waals surface area contributed by atoms with Crippen molar-refractivity contribution >= 4 is 10.9 Å². The molecule has 0 aliphatic rings. The molecule has 2 heteroatoms. The Balaban J connectivity index is 2.70. The Morgan fingerprint density at radius 1 is 1.13 bits per heavy atom. The third kappa shape index (κ3) is 1.55. The zero-order valence-electron chi connectivity index (χ0n) is 9.86. The Morgan fingerprint density at radius 3 is 2.53 bits per heavy atom.